The first-order chi connectivity index (χ1) is 7.97. The Hall–Kier alpha value is -1.19. The van der Waals surface area contributed by atoms with Gasteiger partial charge in [-0.25, -0.2) is 13.2 Å². The highest BCUT2D eigenvalue weighted by Gasteiger charge is 2.12. The van der Waals surface area contributed by atoms with Gasteiger partial charge in [0.25, 0.3) is 0 Å². The molecule has 0 amide bonds. The van der Waals surface area contributed by atoms with E-state index in [9.17, 15) is 13.2 Å². The Morgan fingerprint density at radius 1 is 0.647 bits per heavy atom. The molecule has 0 aliphatic carbocycles. The van der Waals surface area contributed by atoms with Crippen molar-refractivity contribution < 1.29 is 13.2 Å². The third-order valence-electron chi connectivity index (χ3n) is 2.18. The second kappa shape index (κ2) is 4.59. The van der Waals surface area contributed by atoms with Gasteiger partial charge in [-0.15, -0.1) is 0 Å². The van der Waals surface area contributed by atoms with Gasteiger partial charge in [-0.1, -0.05) is 23.2 Å². The molecule has 0 unspecified atom stereocenters. The Morgan fingerprint density at radius 2 is 1.18 bits per heavy atom. The number of rotatable bonds is 1. The van der Waals surface area contributed by atoms with Crippen LogP contribution < -0.4 is 0 Å². The molecule has 2 aromatic carbocycles. The Balaban J connectivity index is 2.64. The van der Waals surface area contributed by atoms with Crippen molar-refractivity contribution in [1.82, 2.24) is 0 Å². The zero-order valence-corrected chi connectivity index (χ0v) is 9.79. The Morgan fingerprint density at radius 3 is 1.76 bits per heavy atom. The van der Waals surface area contributed by atoms with Crippen LogP contribution in [0.1, 0.15) is 0 Å². The van der Waals surface area contributed by atoms with Crippen LogP contribution in [0.15, 0.2) is 30.3 Å². The molecule has 0 saturated carbocycles. The lowest BCUT2D eigenvalue weighted by molar-refractivity contribution is 0.496. The van der Waals surface area contributed by atoms with E-state index in [1.54, 1.807) is 0 Å². The minimum absolute atomic E-state index is 0.0895. The molecule has 0 aromatic heterocycles. The molecule has 0 aliphatic heterocycles. The summed E-state index contributed by atoms with van der Waals surface area (Å²) in [4.78, 5) is 0. The first kappa shape index (κ1) is 12.3. The van der Waals surface area contributed by atoms with Gasteiger partial charge in [0.15, 0.2) is 11.6 Å². The molecule has 0 fully saturated rings. The van der Waals surface area contributed by atoms with Crippen LogP contribution in [-0.4, -0.2) is 0 Å². The van der Waals surface area contributed by atoms with Crippen LogP contribution in [0.5, 0.6) is 0 Å². The summed E-state index contributed by atoms with van der Waals surface area (Å²) >= 11 is 11.5. The standard InChI is InChI=1S/C12H5Cl2F3/c13-7-1-6(2-8(14)3-7)9-4-11(16)12(17)5-10(9)15/h1-5H. The molecule has 88 valence electrons. The fourth-order valence-corrected chi connectivity index (χ4v) is 1.98. The monoisotopic (exact) mass is 276 g/mol. The van der Waals surface area contributed by atoms with E-state index in [0.29, 0.717) is 11.6 Å². The molecule has 0 saturated heterocycles. The van der Waals surface area contributed by atoms with Crippen molar-refractivity contribution in [3.8, 4) is 11.1 Å². The van der Waals surface area contributed by atoms with Crippen LogP contribution in [0.4, 0.5) is 13.2 Å². The molecule has 0 spiro atoms. The summed E-state index contributed by atoms with van der Waals surface area (Å²) in [5, 5.41) is 0.577. The van der Waals surface area contributed by atoms with Gasteiger partial charge in [-0.2, -0.15) is 0 Å². The van der Waals surface area contributed by atoms with Gasteiger partial charge in [0.05, 0.1) is 0 Å². The van der Waals surface area contributed by atoms with E-state index in [0.717, 1.165) is 6.07 Å². The Kier molecular flexibility index (Phi) is 3.31. The summed E-state index contributed by atoms with van der Waals surface area (Å²) in [5.74, 6) is -3.24. The Labute approximate surface area is 106 Å². The van der Waals surface area contributed by atoms with Gasteiger partial charge in [-0.3, -0.25) is 0 Å². The van der Waals surface area contributed by atoms with E-state index in [1.807, 2.05) is 0 Å². The van der Waals surface area contributed by atoms with Gasteiger partial charge < -0.3 is 0 Å². The minimum Gasteiger partial charge on any atom is -0.206 e. The lowest BCUT2D eigenvalue weighted by atomic mass is 10.0. The highest BCUT2D eigenvalue weighted by molar-refractivity contribution is 6.35. The molecule has 2 aromatic rings. The van der Waals surface area contributed by atoms with Crippen molar-refractivity contribution in [3.05, 3.63) is 57.8 Å². The summed E-state index contributed by atoms with van der Waals surface area (Å²) in [6.07, 6.45) is 0. The Bertz CT molecular complexity index is 562. The molecule has 2 rings (SSSR count). The quantitative estimate of drug-likeness (QED) is 0.638. The summed E-state index contributed by atoms with van der Waals surface area (Å²) in [6.45, 7) is 0. The van der Waals surface area contributed by atoms with Crippen molar-refractivity contribution in [1.29, 1.82) is 0 Å². The van der Waals surface area contributed by atoms with Crippen LogP contribution >= 0.6 is 23.2 Å². The molecule has 5 heteroatoms. The minimum atomic E-state index is -1.24. The van der Waals surface area contributed by atoms with Gasteiger partial charge in [0.2, 0.25) is 0 Å². The molecule has 0 bridgehead atoms. The maximum atomic E-state index is 13.5. The van der Waals surface area contributed by atoms with Crippen molar-refractivity contribution in [3.63, 3.8) is 0 Å². The van der Waals surface area contributed by atoms with Gasteiger partial charge in [-0.05, 0) is 29.8 Å². The van der Waals surface area contributed by atoms with Crippen molar-refractivity contribution in [2.75, 3.05) is 0 Å². The maximum Gasteiger partial charge on any atom is 0.161 e. The highest BCUT2D eigenvalue weighted by atomic mass is 35.5. The second-order valence-electron chi connectivity index (χ2n) is 3.40. The topological polar surface area (TPSA) is 0 Å². The molecular weight excluding hydrogens is 272 g/mol. The predicted molar refractivity (Wildman–Crippen MR) is 61.8 cm³/mol. The molecule has 0 aliphatic rings. The molecule has 17 heavy (non-hydrogen) atoms. The smallest absolute Gasteiger partial charge is 0.161 e. The van der Waals surface area contributed by atoms with Crippen LogP contribution in [0.25, 0.3) is 11.1 Å². The van der Waals surface area contributed by atoms with Gasteiger partial charge in [0, 0.05) is 21.7 Å². The second-order valence-corrected chi connectivity index (χ2v) is 4.28. The van der Waals surface area contributed by atoms with Crippen molar-refractivity contribution >= 4 is 23.2 Å². The van der Waals surface area contributed by atoms with Crippen LogP contribution in [0.3, 0.4) is 0 Å². The molecule has 0 heterocycles. The summed E-state index contributed by atoms with van der Waals surface area (Å²) in [7, 11) is 0. The lowest BCUT2D eigenvalue weighted by Crippen LogP contribution is -1.91. The number of benzene rings is 2. The maximum absolute atomic E-state index is 13.5. The molecule has 0 atom stereocenters. The first-order valence-corrected chi connectivity index (χ1v) is 5.34. The molecule has 0 N–H and O–H groups in total. The highest BCUT2D eigenvalue weighted by Crippen LogP contribution is 2.30. The summed E-state index contributed by atoms with van der Waals surface area (Å²) in [5.41, 5.74) is 0.201. The number of hydrogen-bond acceptors (Lipinski definition) is 0. The normalized spacial score (nSPS) is 10.6. The van der Waals surface area contributed by atoms with E-state index < -0.39 is 17.5 Å². The number of halogens is 5. The zero-order valence-electron chi connectivity index (χ0n) is 8.28. The van der Waals surface area contributed by atoms with Crippen molar-refractivity contribution in [2.24, 2.45) is 0 Å². The number of hydrogen-bond donors (Lipinski definition) is 0. The van der Waals surface area contributed by atoms with Crippen LogP contribution in [-0.2, 0) is 0 Å². The fraction of sp³-hybridized carbons (Fsp3) is 0. The van der Waals surface area contributed by atoms with Crippen LogP contribution in [0.2, 0.25) is 10.0 Å². The molecular formula is C12H5Cl2F3. The summed E-state index contributed by atoms with van der Waals surface area (Å²) < 4.78 is 39.3. The average molecular weight is 277 g/mol. The van der Waals surface area contributed by atoms with E-state index in [2.05, 4.69) is 0 Å². The SMILES string of the molecule is Fc1cc(F)c(-c2cc(Cl)cc(Cl)c2)cc1F. The largest absolute Gasteiger partial charge is 0.206 e. The van der Waals surface area contributed by atoms with Gasteiger partial charge >= 0.3 is 0 Å². The molecule has 0 radical (unpaired) electrons. The van der Waals surface area contributed by atoms with E-state index >= 15 is 0 Å². The van der Waals surface area contributed by atoms with E-state index in [4.69, 9.17) is 23.2 Å². The van der Waals surface area contributed by atoms with Gasteiger partial charge in [0.1, 0.15) is 5.82 Å². The first-order valence-electron chi connectivity index (χ1n) is 4.58. The third kappa shape index (κ3) is 2.56. The third-order valence-corrected chi connectivity index (χ3v) is 2.62. The van der Waals surface area contributed by atoms with E-state index in [-0.39, 0.29) is 15.6 Å². The van der Waals surface area contributed by atoms with Crippen molar-refractivity contribution in [2.45, 2.75) is 0 Å². The summed E-state index contributed by atoms with van der Waals surface area (Å²) in [6, 6.07) is 5.56. The lowest BCUT2D eigenvalue weighted by Gasteiger charge is -2.06. The van der Waals surface area contributed by atoms with Crippen LogP contribution in [0, 0.1) is 17.5 Å². The molecule has 0 nitrogen and oxygen atoms in total. The average Bonchev–Trinajstić information content (AvgIpc) is 2.22. The zero-order chi connectivity index (χ0) is 12.6. The predicted octanol–water partition coefficient (Wildman–Crippen LogP) is 5.08. The fourth-order valence-electron chi connectivity index (χ4n) is 1.45. The van der Waals surface area contributed by atoms with E-state index in [1.165, 1.54) is 18.2 Å².